The van der Waals surface area contributed by atoms with Crippen molar-refractivity contribution >= 4 is 5.91 Å². The fourth-order valence-corrected chi connectivity index (χ4v) is 2.19. The van der Waals surface area contributed by atoms with Crippen molar-refractivity contribution < 1.29 is 14.3 Å². The number of hydrogen-bond donors (Lipinski definition) is 0. The fraction of sp³-hybridized carbons (Fsp3) is 0.538. The van der Waals surface area contributed by atoms with Gasteiger partial charge in [0.05, 0.1) is 0 Å². The minimum Gasteiger partial charge on any atom is -0.353 e. The van der Waals surface area contributed by atoms with Gasteiger partial charge in [-0.3, -0.25) is 9.78 Å². The van der Waals surface area contributed by atoms with E-state index in [1.165, 1.54) is 0 Å². The Morgan fingerprint density at radius 3 is 2.44 bits per heavy atom. The number of carbonyl (C=O) groups is 1. The van der Waals surface area contributed by atoms with E-state index in [2.05, 4.69) is 4.98 Å². The zero-order chi connectivity index (χ0) is 13.0. The number of ether oxygens (including phenoxy) is 2. The number of nitrogens with zero attached hydrogens (tertiary/aromatic N) is 2. The lowest BCUT2D eigenvalue weighted by atomic mass is 10.0. The average Bonchev–Trinajstić information content (AvgIpc) is 2.47. The maximum atomic E-state index is 12.2. The van der Waals surface area contributed by atoms with Crippen molar-refractivity contribution in [3.8, 4) is 0 Å². The van der Waals surface area contributed by atoms with E-state index in [9.17, 15) is 4.79 Å². The van der Waals surface area contributed by atoms with Crippen LogP contribution in [-0.4, -0.2) is 48.9 Å². The molecule has 0 spiro atoms. The summed E-state index contributed by atoms with van der Waals surface area (Å²) < 4.78 is 10.8. The van der Waals surface area contributed by atoms with Gasteiger partial charge in [0, 0.05) is 46.3 Å². The highest BCUT2D eigenvalue weighted by molar-refractivity contribution is 5.92. The first-order valence-corrected chi connectivity index (χ1v) is 6.01. The molecule has 1 aliphatic rings. The van der Waals surface area contributed by atoms with Crippen LogP contribution in [0.25, 0.3) is 0 Å². The van der Waals surface area contributed by atoms with Crippen LogP contribution in [0.3, 0.4) is 0 Å². The van der Waals surface area contributed by atoms with Crippen LogP contribution < -0.4 is 0 Å². The first-order chi connectivity index (χ1) is 8.71. The Morgan fingerprint density at radius 1 is 1.28 bits per heavy atom. The monoisotopic (exact) mass is 250 g/mol. The molecule has 1 aliphatic heterocycles. The third kappa shape index (κ3) is 2.52. The number of amides is 1. The summed E-state index contributed by atoms with van der Waals surface area (Å²) in [4.78, 5) is 18.0. The van der Waals surface area contributed by atoms with E-state index >= 15 is 0 Å². The van der Waals surface area contributed by atoms with Crippen LogP contribution in [0.2, 0.25) is 0 Å². The molecule has 18 heavy (non-hydrogen) atoms. The molecule has 5 nitrogen and oxygen atoms in total. The molecule has 0 atom stereocenters. The molecule has 0 unspecified atom stereocenters. The Hall–Kier alpha value is -1.46. The Balaban J connectivity index is 2.00. The molecule has 1 aromatic rings. The van der Waals surface area contributed by atoms with Crippen molar-refractivity contribution in [3.05, 3.63) is 30.1 Å². The van der Waals surface area contributed by atoms with Crippen molar-refractivity contribution in [1.82, 2.24) is 9.88 Å². The number of piperidine rings is 1. The minimum absolute atomic E-state index is 0.0311. The first kappa shape index (κ1) is 13.0. The summed E-state index contributed by atoms with van der Waals surface area (Å²) in [5.74, 6) is -0.572. The predicted octanol–water partition coefficient (Wildman–Crippen LogP) is 1.31. The van der Waals surface area contributed by atoms with Gasteiger partial charge in [0.1, 0.15) is 5.69 Å². The molecule has 1 fully saturated rings. The molecule has 2 heterocycles. The van der Waals surface area contributed by atoms with Crippen LogP contribution in [0, 0.1) is 0 Å². The predicted molar refractivity (Wildman–Crippen MR) is 66.1 cm³/mol. The van der Waals surface area contributed by atoms with Gasteiger partial charge < -0.3 is 14.4 Å². The molecule has 0 bridgehead atoms. The van der Waals surface area contributed by atoms with Crippen molar-refractivity contribution in [2.24, 2.45) is 0 Å². The van der Waals surface area contributed by atoms with Crippen LogP contribution >= 0.6 is 0 Å². The van der Waals surface area contributed by atoms with Crippen molar-refractivity contribution in [2.75, 3.05) is 27.3 Å². The second-order valence-corrected chi connectivity index (χ2v) is 4.33. The second kappa shape index (κ2) is 5.46. The molecule has 1 aromatic heterocycles. The van der Waals surface area contributed by atoms with Crippen molar-refractivity contribution in [3.63, 3.8) is 0 Å². The normalized spacial score (nSPS) is 18.7. The van der Waals surface area contributed by atoms with E-state index in [0.29, 0.717) is 31.6 Å². The van der Waals surface area contributed by atoms with Crippen LogP contribution in [0.1, 0.15) is 23.3 Å². The lowest BCUT2D eigenvalue weighted by molar-refractivity contribution is -0.226. The van der Waals surface area contributed by atoms with Crippen molar-refractivity contribution in [1.29, 1.82) is 0 Å². The largest absolute Gasteiger partial charge is 0.353 e. The van der Waals surface area contributed by atoms with Gasteiger partial charge in [-0.25, -0.2) is 0 Å². The summed E-state index contributed by atoms with van der Waals surface area (Å²) in [6.45, 7) is 1.24. The maximum absolute atomic E-state index is 12.2. The molecule has 1 saturated heterocycles. The van der Waals surface area contributed by atoms with Crippen LogP contribution in [-0.2, 0) is 9.47 Å². The van der Waals surface area contributed by atoms with Gasteiger partial charge in [-0.15, -0.1) is 0 Å². The molecule has 0 aromatic carbocycles. The Morgan fingerprint density at radius 2 is 1.94 bits per heavy atom. The highest BCUT2D eigenvalue weighted by Crippen LogP contribution is 2.26. The Labute approximate surface area is 107 Å². The van der Waals surface area contributed by atoms with Gasteiger partial charge in [0.15, 0.2) is 5.79 Å². The Kier molecular flexibility index (Phi) is 3.93. The SMILES string of the molecule is COC1(OC)CCN(C(=O)c2ccccn2)CC1. The van der Waals surface area contributed by atoms with Crippen molar-refractivity contribution in [2.45, 2.75) is 18.6 Å². The van der Waals surface area contributed by atoms with Gasteiger partial charge in [-0.05, 0) is 12.1 Å². The molecular formula is C13H18N2O3. The number of hydrogen-bond acceptors (Lipinski definition) is 4. The van der Waals surface area contributed by atoms with Gasteiger partial charge in [-0.2, -0.15) is 0 Å². The third-order valence-corrected chi connectivity index (χ3v) is 3.44. The highest BCUT2D eigenvalue weighted by atomic mass is 16.7. The van der Waals surface area contributed by atoms with E-state index in [-0.39, 0.29) is 5.91 Å². The quantitative estimate of drug-likeness (QED) is 0.759. The number of pyridine rings is 1. The lowest BCUT2D eigenvalue weighted by Crippen LogP contribution is -2.48. The summed E-state index contributed by atoms with van der Waals surface area (Å²) in [6.07, 6.45) is 2.99. The maximum Gasteiger partial charge on any atom is 0.272 e. The van der Waals surface area contributed by atoms with E-state index in [1.807, 2.05) is 6.07 Å². The van der Waals surface area contributed by atoms with Gasteiger partial charge in [-0.1, -0.05) is 6.07 Å². The zero-order valence-electron chi connectivity index (χ0n) is 10.8. The van der Waals surface area contributed by atoms with Gasteiger partial charge in [0.2, 0.25) is 0 Å². The number of methoxy groups -OCH3 is 2. The van der Waals surface area contributed by atoms with E-state index in [1.54, 1.807) is 37.4 Å². The minimum atomic E-state index is -0.541. The second-order valence-electron chi connectivity index (χ2n) is 4.33. The molecular weight excluding hydrogens is 232 g/mol. The molecule has 98 valence electrons. The number of aromatic nitrogens is 1. The summed E-state index contributed by atoms with van der Waals surface area (Å²) in [7, 11) is 3.28. The third-order valence-electron chi connectivity index (χ3n) is 3.44. The molecule has 0 N–H and O–H groups in total. The molecule has 0 aliphatic carbocycles. The molecule has 0 radical (unpaired) electrons. The lowest BCUT2D eigenvalue weighted by Gasteiger charge is -2.39. The number of rotatable bonds is 3. The first-order valence-electron chi connectivity index (χ1n) is 6.01. The van der Waals surface area contributed by atoms with Crippen LogP contribution in [0.5, 0.6) is 0 Å². The summed E-state index contributed by atoms with van der Waals surface area (Å²) in [5.41, 5.74) is 0.486. The number of likely N-dealkylation sites (tertiary alicyclic amines) is 1. The molecule has 5 heteroatoms. The highest BCUT2D eigenvalue weighted by Gasteiger charge is 2.36. The van der Waals surface area contributed by atoms with Crippen LogP contribution in [0.4, 0.5) is 0 Å². The topological polar surface area (TPSA) is 51.7 Å². The van der Waals surface area contributed by atoms with Gasteiger partial charge in [0.25, 0.3) is 5.91 Å². The standard InChI is InChI=1S/C13H18N2O3/c1-17-13(18-2)6-9-15(10-7-13)12(16)11-5-3-4-8-14-11/h3-5,8H,6-7,9-10H2,1-2H3. The summed E-state index contributed by atoms with van der Waals surface area (Å²) >= 11 is 0. The molecule has 2 rings (SSSR count). The number of carbonyl (C=O) groups excluding carboxylic acids is 1. The van der Waals surface area contributed by atoms with Crippen LogP contribution in [0.15, 0.2) is 24.4 Å². The van der Waals surface area contributed by atoms with E-state index < -0.39 is 5.79 Å². The van der Waals surface area contributed by atoms with E-state index in [4.69, 9.17) is 9.47 Å². The average molecular weight is 250 g/mol. The smallest absolute Gasteiger partial charge is 0.272 e. The summed E-state index contributed by atoms with van der Waals surface area (Å²) in [6, 6.07) is 5.35. The molecule has 0 saturated carbocycles. The fourth-order valence-electron chi connectivity index (χ4n) is 2.19. The summed E-state index contributed by atoms with van der Waals surface area (Å²) in [5, 5.41) is 0. The van der Waals surface area contributed by atoms with Gasteiger partial charge >= 0.3 is 0 Å². The van der Waals surface area contributed by atoms with E-state index in [0.717, 1.165) is 0 Å². The Bertz CT molecular complexity index is 394. The zero-order valence-corrected chi connectivity index (χ0v) is 10.8. The molecule has 1 amide bonds.